The second-order valence-electron chi connectivity index (χ2n) is 13.5. The highest BCUT2D eigenvalue weighted by atomic mass is 16.5. The number of hydrogen-bond donors (Lipinski definition) is 0. The molecule has 5 unspecified atom stereocenters. The highest BCUT2D eigenvalue weighted by molar-refractivity contribution is 5.91. The van der Waals surface area contributed by atoms with E-state index < -0.39 is 0 Å². The number of esters is 1. The van der Waals surface area contributed by atoms with E-state index in [9.17, 15) is 14.4 Å². The van der Waals surface area contributed by atoms with Crippen molar-refractivity contribution in [2.75, 3.05) is 0 Å². The Morgan fingerprint density at radius 2 is 1.84 bits per heavy atom. The lowest BCUT2D eigenvalue weighted by atomic mass is 9.55. The Kier molecular flexibility index (Phi) is 7.37. The molecule has 0 bridgehead atoms. The van der Waals surface area contributed by atoms with Crippen LogP contribution in [0, 0.1) is 28.6 Å². The lowest BCUT2D eigenvalue weighted by molar-refractivity contribution is -0.129. The number of hydrogen-bond acceptors (Lipinski definition) is 4. The minimum atomic E-state index is -0.345. The Balaban J connectivity index is 1.23. The monoisotopic (exact) mass is 514 g/mol. The van der Waals surface area contributed by atoms with Gasteiger partial charge in [0.1, 0.15) is 17.8 Å². The Morgan fingerprint density at radius 1 is 1.08 bits per heavy atom. The Morgan fingerprint density at radius 3 is 2.55 bits per heavy atom. The van der Waals surface area contributed by atoms with Gasteiger partial charge in [-0.15, -0.1) is 0 Å². The number of rotatable bonds is 7. The molecule has 5 rings (SSSR count). The molecule has 0 radical (unpaired) electrons. The van der Waals surface area contributed by atoms with Crippen LogP contribution in [0.1, 0.15) is 106 Å². The summed E-state index contributed by atoms with van der Waals surface area (Å²) in [6.45, 7) is 8.81. The lowest BCUT2D eigenvalue weighted by Crippen LogP contribution is -2.42. The molecule has 4 heteroatoms. The summed E-state index contributed by atoms with van der Waals surface area (Å²) in [6.07, 6.45) is 9.35. The number of aldehydes is 1. The van der Waals surface area contributed by atoms with E-state index in [1.165, 1.54) is 11.1 Å². The molecule has 2 aromatic rings. The molecule has 202 valence electrons. The SMILES string of the molecule is CC(C)(C)CC(CC=O)Cc1ccc(C(=O)Oc2ccc3c(c2)CCC2C3CCC3(C)C(=O)CCC23)cc1. The first kappa shape index (κ1) is 26.8. The molecule has 3 aliphatic carbocycles. The number of ether oxygens (including phenoxy) is 1. The summed E-state index contributed by atoms with van der Waals surface area (Å²) in [5.74, 6) is 2.66. The van der Waals surface area contributed by atoms with Crippen LogP contribution in [0.5, 0.6) is 5.75 Å². The second-order valence-corrected chi connectivity index (χ2v) is 13.5. The van der Waals surface area contributed by atoms with E-state index >= 15 is 0 Å². The number of carbonyl (C=O) groups excluding carboxylic acids is 3. The molecular weight excluding hydrogens is 472 g/mol. The van der Waals surface area contributed by atoms with Gasteiger partial charge in [0.25, 0.3) is 0 Å². The van der Waals surface area contributed by atoms with E-state index in [4.69, 9.17) is 4.74 Å². The fraction of sp³-hybridized carbons (Fsp3) is 0.559. The van der Waals surface area contributed by atoms with Gasteiger partial charge < -0.3 is 9.53 Å². The summed E-state index contributed by atoms with van der Waals surface area (Å²) in [4.78, 5) is 36.7. The minimum absolute atomic E-state index is 0.105. The minimum Gasteiger partial charge on any atom is -0.423 e. The molecule has 4 nitrogen and oxygen atoms in total. The molecule has 0 N–H and O–H groups in total. The zero-order chi connectivity index (χ0) is 27.1. The molecule has 0 heterocycles. The molecule has 0 amide bonds. The van der Waals surface area contributed by atoms with Gasteiger partial charge in [-0.1, -0.05) is 45.9 Å². The topological polar surface area (TPSA) is 60.4 Å². The van der Waals surface area contributed by atoms with Gasteiger partial charge in [0.2, 0.25) is 0 Å². The van der Waals surface area contributed by atoms with Crippen LogP contribution in [-0.2, 0) is 22.4 Å². The van der Waals surface area contributed by atoms with Crippen LogP contribution in [0.25, 0.3) is 0 Å². The summed E-state index contributed by atoms with van der Waals surface area (Å²) in [7, 11) is 0. The van der Waals surface area contributed by atoms with Gasteiger partial charge in [0.05, 0.1) is 5.56 Å². The smallest absolute Gasteiger partial charge is 0.343 e. The summed E-state index contributed by atoms with van der Waals surface area (Å²) in [5.41, 5.74) is 4.42. The average Bonchev–Trinajstić information content (AvgIpc) is 3.17. The van der Waals surface area contributed by atoms with Crippen LogP contribution in [0.4, 0.5) is 0 Å². The van der Waals surface area contributed by atoms with Gasteiger partial charge in [-0.2, -0.15) is 0 Å². The Hall–Kier alpha value is -2.75. The summed E-state index contributed by atoms with van der Waals surface area (Å²) in [6, 6.07) is 13.8. The number of ketones is 1. The van der Waals surface area contributed by atoms with Gasteiger partial charge in [0, 0.05) is 18.3 Å². The predicted octanol–water partition coefficient (Wildman–Crippen LogP) is 7.51. The fourth-order valence-electron chi connectivity index (χ4n) is 7.91. The van der Waals surface area contributed by atoms with Crippen LogP contribution in [-0.4, -0.2) is 18.0 Å². The average molecular weight is 515 g/mol. The van der Waals surface area contributed by atoms with Crippen molar-refractivity contribution in [3.8, 4) is 5.75 Å². The normalized spacial score (nSPS) is 27.2. The van der Waals surface area contributed by atoms with Crippen LogP contribution < -0.4 is 4.74 Å². The van der Waals surface area contributed by atoms with Crippen molar-refractivity contribution in [2.45, 2.75) is 91.4 Å². The number of aryl methyl sites for hydroxylation is 1. The molecule has 0 aliphatic heterocycles. The first-order chi connectivity index (χ1) is 18.1. The number of Topliss-reactive ketones (excluding diaryl/α,β-unsaturated/α-hetero) is 1. The molecule has 0 aromatic heterocycles. The summed E-state index contributed by atoms with van der Waals surface area (Å²) < 4.78 is 5.80. The molecule has 5 atom stereocenters. The third-order valence-corrected chi connectivity index (χ3v) is 9.66. The van der Waals surface area contributed by atoms with E-state index in [-0.39, 0.29) is 16.8 Å². The standard InChI is InChI=1S/C34H42O4/c1-33(2,3)21-23(16-18-35)19-22-5-7-24(8-6-22)32(37)38-26-10-12-27-25(20-26)9-11-29-28(27)15-17-34(4)30(29)13-14-31(34)36/h5-8,10,12,18,20,23,28-30H,9,11,13-17,19,21H2,1-4H3. The van der Waals surface area contributed by atoms with E-state index in [0.29, 0.717) is 47.2 Å². The van der Waals surface area contributed by atoms with Crippen molar-refractivity contribution in [3.63, 3.8) is 0 Å². The molecule has 0 spiro atoms. The van der Waals surface area contributed by atoms with E-state index in [1.807, 2.05) is 30.3 Å². The second kappa shape index (κ2) is 10.4. The van der Waals surface area contributed by atoms with Crippen molar-refractivity contribution in [2.24, 2.45) is 28.6 Å². The fourth-order valence-corrected chi connectivity index (χ4v) is 7.91. The van der Waals surface area contributed by atoms with Crippen LogP contribution in [0.15, 0.2) is 42.5 Å². The number of carbonyl (C=O) groups is 3. The highest BCUT2D eigenvalue weighted by Crippen LogP contribution is 2.59. The van der Waals surface area contributed by atoms with Gasteiger partial charge in [-0.25, -0.2) is 4.79 Å². The Labute approximate surface area is 227 Å². The molecule has 0 saturated heterocycles. The van der Waals surface area contributed by atoms with E-state index in [1.54, 1.807) is 0 Å². The maximum atomic E-state index is 12.9. The maximum absolute atomic E-state index is 12.9. The molecule has 2 fully saturated rings. The van der Waals surface area contributed by atoms with Crippen LogP contribution in [0.2, 0.25) is 0 Å². The maximum Gasteiger partial charge on any atom is 0.343 e. The molecule has 2 aromatic carbocycles. The highest BCUT2D eigenvalue weighted by Gasteiger charge is 2.54. The largest absolute Gasteiger partial charge is 0.423 e. The van der Waals surface area contributed by atoms with E-state index in [2.05, 4.69) is 39.8 Å². The van der Waals surface area contributed by atoms with Gasteiger partial charge in [-0.05, 0) is 115 Å². The van der Waals surface area contributed by atoms with Gasteiger partial charge in [-0.3, -0.25) is 4.79 Å². The van der Waals surface area contributed by atoms with Crippen molar-refractivity contribution in [1.29, 1.82) is 0 Å². The molecule has 2 saturated carbocycles. The van der Waals surface area contributed by atoms with E-state index in [0.717, 1.165) is 63.2 Å². The molecular formula is C34H42O4. The molecule has 38 heavy (non-hydrogen) atoms. The predicted molar refractivity (Wildman–Crippen MR) is 149 cm³/mol. The van der Waals surface area contributed by atoms with Crippen molar-refractivity contribution in [1.82, 2.24) is 0 Å². The zero-order valence-corrected chi connectivity index (χ0v) is 23.4. The van der Waals surface area contributed by atoms with Crippen molar-refractivity contribution in [3.05, 3.63) is 64.7 Å². The first-order valence-electron chi connectivity index (χ1n) is 14.5. The van der Waals surface area contributed by atoms with Gasteiger partial charge >= 0.3 is 5.97 Å². The van der Waals surface area contributed by atoms with Crippen LogP contribution in [0.3, 0.4) is 0 Å². The van der Waals surface area contributed by atoms with Crippen molar-refractivity contribution >= 4 is 18.0 Å². The number of fused-ring (bicyclic) bond motifs is 5. The summed E-state index contributed by atoms with van der Waals surface area (Å²) in [5, 5.41) is 0. The first-order valence-corrected chi connectivity index (χ1v) is 14.5. The van der Waals surface area contributed by atoms with Crippen LogP contribution >= 0.6 is 0 Å². The molecule has 3 aliphatic rings. The quantitative estimate of drug-likeness (QED) is 0.218. The van der Waals surface area contributed by atoms with Crippen molar-refractivity contribution < 1.29 is 19.1 Å². The zero-order valence-electron chi connectivity index (χ0n) is 23.4. The van der Waals surface area contributed by atoms with Gasteiger partial charge in [0.15, 0.2) is 0 Å². The third-order valence-electron chi connectivity index (χ3n) is 9.66. The summed E-state index contributed by atoms with van der Waals surface area (Å²) >= 11 is 0. The third kappa shape index (κ3) is 5.37. The lowest BCUT2D eigenvalue weighted by Gasteiger charge is -2.48. The number of benzene rings is 2. The Bertz CT molecular complexity index is 1200.